The highest BCUT2D eigenvalue weighted by Crippen LogP contribution is 2.44. The van der Waals surface area contributed by atoms with Gasteiger partial charge in [0.15, 0.2) is 0 Å². The van der Waals surface area contributed by atoms with Gasteiger partial charge in [-0.3, -0.25) is 0 Å². The molecular weight excluding hydrogens is 560 g/mol. The summed E-state index contributed by atoms with van der Waals surface area (Å²) >= 11 is 0. The number of amides is 2. The molecule has 0 spiro atoms. The van der Waals surface area contributed by atoms with Crippen molar-refractivity contribution >= 4 is 18.2 Å². The fraction of sp³-hybridized carbons (Fsp3) is 0.400. The molecule has 0 bridgehead atoms. The van der Waals surface area contributed by atoms with E-state index in [0.29, 0.717) is 26.0 Å². The van der Waals surface area contributed by atoms with E-state index in [-0.39, 0.29) is 18.9 Å². The fourth-order valence-corrected chi connectivity index (χ4v) is 5.22. The molecule has 0 fully saturated rings. The number of hydrogen-bond acceptors (Lipinski definition) is 6. The van der Waals surface area contributed by atoms with Crippen LogP contribution in [0.15, 0.2) is 72.8 Å². The van der Waals surface area contributed by atoms with Crippen LogP contribution < -0.4 is 15.4 Å². The largest absolute Gasteiger partial charge is 0.494 e. The van der Waals surface area contributed by atoms with Crippen LogP contribution in [-0.4, -0.2) is 54.7 Å². The van der Waals surface area contributed by atoms with Crippen LogP contribution >= 0.6 is 0 Å². The molecule has 3 aromatic carbocycles. The van der Waals surface area contributed by atoms with E-state index < -0.39 is 29.8 Å². The zero-order chi connectivity index (χ0) is 31.5. The van der Waals surface area contributed by atoms with E-state index >= 15 is 0 Å². The average Bonchev–Trinajstić information content (AvgIpc) is 3.30. The minimum absolute atomic E-state index is 0.0930. The van der Waals surface area contributed by atoms with Crippen LogP contribution in [0.25, 0.3) is 11.1 Å². The summed E-state index contributed by atoms with van der Waals surface area (Å²) < 4.78 is 16.5. The second-order valence-electron chi connectivity index (χ2n) is 11.9. The molecule has 44 heavy (non-hydrogen) atoms. The number of unbranched alkanes of at least 4 members (excludes halogenated alkanes) is 1. The molecule has 3 aromatic rings. The summed E-state index contributed by atoms with van der Waals surface area (Å²) in [5.41, 5.74) is 4.99. The number of rotatable bonds is 14. The average molecular weight is 603 g/mol. The third-order valence-electron chi connectivity index (χ3n) is 7.32. The normalized spacial score (nSPS) is 12.9. The minimum Gasteiger partial charge on any atom is -0.494 e. The second-order valence-corrected chi connectivity index (χ2v) is 11.9. The summed E-state index contributed by atoms with van der Waals surface area (Å²) in [6.45, 7) is 6.65. The maximum absolute atomic E-state index is 12.6. The monoisotopic (exact) mass is 602 g/mol. The lowest BCUT2D eigenvalue weighted by molar-refractivity contribution is -0.139. The number of alkyl carbamates (subject to hydrolysis) is 2. The van der Waals surface area contributed by atoms with Gasteiger partial charge in [-0.05, 0) is 92.8 Å². The van der Waals surface area contributed by atoms with E-state index in [1.54, 1.807) is 0 Å². The number of hydrogen-bond donors (Lipinski definition) is 3. The van der Waals surface area contributed by atoms with Crippen LogP contribution in [0.5, 0.6) is 5.75 Å². The Morgan fingerprint density at radius 3 is 2.09 bits per heavy atom. The number of aliphatic carboxylic acids is 1. The Morgan fingerprint density at radius 2 is 1.48 bits per heavy atom. The zero-order valence-electron chi connectivity index (χ0n) is 25.6. The van der Waals surface area contributed by atoms with Gasteiger partial charge in [0.2, 0.25) is 0 Å². The first-order valence-electron chi connectivity index (χ1n) is 15.1. The first-order valence-corrected chi connectivity index (χ1v) is 15.1. The fourth-order valence-electron chi connectivity index (χ4n) is 5.22. The first kappa shape index (κ1) is 32.4. The zero-order valence-corrected chi connectivity index (χ0v) is 25.6. The van der Waals surface area contributed by atoms with E-state index in [9.17, 15) is 19.5 Å². The summed E-state index contributed by atoms with van der Waals surface area (Å²) in [6, 6.07) is 22.7. The van der Waals surface area contributed by atoms with Crippen molar-refractivity contribution in [3.05, 3.63) is 89.5 Å². The number of carbonyl (C=O) groups is 3. The molecule has 9 heteroatoms. The summed E-state index contributed by atoms with van der Waals surface area (Å²) in [5, 5.41) is 14.9. The van der Waals surface area contributed by atoms with Crippen LogP contribution in [-0.2, 0) is 20.7 Å². The van der Waals surface area contributed by atoms with E-state index in [1.807, 2.05) is 81.4 Å². The number of ether oxygens (including phenoxy) is 3. The van der Waals surface area contributed by atoms with Crippen molar-refractivity contribution in [2.45, 2.75) is 70.4 Å². The molecule has 0 aliphatic heterocycles. The molecule has 1 aliphatic carbocycles. The van der Waals surface area contributed by atoms with Gasteiger partial charge in [-0.1, -0.05) is 60.7 Å². The van der Waals surface area contributed by atoms with Crippen LogP contribution in [0.2, 0.25) is 0 Å². The third kappa shape index (κ3) is 9.49. The van der Waals surface area contributed by atoms with Gasteiger partial charge in [0.1, 0.15) is 24.0 Å². The first-order chi connectivity index (χ1) is 21.1. The molecule has 9 nitrogen and oxygen atoms in total. The Balaban J connectivity index is 1.14. The molecule has 1 atom stereocenters. The van der Waals surface area contributed by atoms with Crippen molar-refractivity contribution in [2.24, 2.45) is 0 Å². The molecule has 0 radical (unpaired) electrons. The standard InChI is InChI=1S/C35H42N2O7/c1-35(2,3)44-33(40)36-21-8-9-22-42-25-19-17-24(18-20-25)11-10-16-31(32(38)39)37-34(41)43-23-30-28-14-6-4-12-26(28)27-13-5-7-15-29(27)30/h4-7,12-15,17-20,30-31H,8-11,16,21-23H2,1-3H3,(H,36,40)(H,37,41)(H,38,39)/t31-/m0/s1. The van der Waals surface area contributed by atoms with Crippen molar-refractivity contribution in [2.75, 3.05) is 19.8 Å². The maximum atomic E-state index is 12.6. The highest BCUT2D eigenvalue weighted by Gasteiger charge is 2.29. The SMILES string of the molecule is CC(C)(C)OC(=O)NCCCCOc1ccc(CCC[C@H](NC(=O)OCC2c3ccccc3-c3ccccc32)C(=O)O)cc1. The number of carboxylic acid groups (broad SMARTS) is 1. The molecule has 4 rings (SSSR count). The molecular formula is C35H42N2O7. The van der Waals surface area contributed by atoms with Gasteiger partial charge in [-0.15, -0.1) is 0 Å². The number of benzene rings is 3. The Bertz CT molecular complexity index is 1370. The summed E-state index contributed by atoms with van der Waals surface area (Å²) in [7, 11) is 0. The Kier molecular flexibility index (Phi) is 11.2. The van der Waals surface area contributed by atoms with Crippen molar-refractivity contribution in [1.82, 2.24) is 10.6 Å². The number of carbonyl (C=O) groups excluding carboxylic acids is 2. The smallest absolute Gasteiger partial charge is 0.407 e. The van der Waals surface area contributed by atoms with Crippen molar-refractivity contribution in [3.63, 3.8) is 0 Å². The lowest BCUT2D eigenvalue weighted by atomic mass is 9.98. The highest BCUT2D eigenvalue weighted by atomic mass is 16.6. The molecule has 0 unspecified atom stereocenters. The maximum Gasteiger partial charge on any atom is 0.407 e. The predicted octanol–water partition coefficient (Wildman–Crippen LogP) is 6.68. The van der Waals surface area contributed by atoms with Gasteiger partial charge in [0, 0.05) is 12.5 Å². The lowest BCUT2D eigenvalue weighted by Crippen LogP contribution is -2.41. The van der Waals surface area contributed by atoms with Gasteiger partial charge in [-0.25, -0.2) is 14.4 Å². The molecule has 1 aliphatic rings. The van der Waals surface area contributed by atoms with Crippen LogP contribution in [0.4, 0.5) is 9.59 Å². The lowest BCUT2D eigenvalue weighted by Gasteiger charge is -2.19. The van der Waals surface area contributed by atoms with Crippen molar-refractivity contribution in [3.8, 4) is 16.9 Å². The minimum atomic E-state index is -1.09. The third-order valence-corrected chi connectivity index (χ3v) is 7.32. The number of carboxylic acids is 1. The topological polar surface area (TPSA) is 123 Å². The van der Waals surface area contributed by atoms with Crippen molar-refractivity contribution in [1.29, 1.82) is 0 Å². The van der Waals surface area contributed by atoms with Crippen LogP contribution in [0.3, 0.4) is 0 Å². The van der Waals surface area contributed by atoms with Crippen molar-refractivity contribution < 1.29 is 33.7 Å². The van der Waals surface area contributed by atoms with Gasteiger partial charge in [0.05, 0.1) is 6.61 Å². The van der Waals surface area contributed by atoms with Crippen LogP contribution in [0, 0.1) is 0 Å². The molecule has 2 amide bonds. The van der Waals surface area contributed by atoms with Crippen LogP contribution in [0.1, 0.15) is 69.1 Å². The number of nitrogens with one attached hydrogen (secondary N) is 2. The van der Waals surface area contributed by atoms with Gasteiger partial charge in [-0.2, -0.15) is 0 Å². The number of fused-ring (bicyclic) bond motifs is 3. The predicted molar refractivity (Wildman–Crippen MR) is 168 cm³/mol. The summed E-state index contributed by atoms with van der Waals surface area (Å²) in [6.07, 6.45) is 1.91. The molecule has 234 valence electrons. The Labute approximate surface area is 258 Å². The molecule has 0 saturated heterocycles. The van der Waals surface area contributed by atoms with Gasteiger partial charge >= 0.3 is 18.2 Å². The van der Waals surface area contributed by atoms with E-state index in [4.69, 9.17) is 14.2 Å². The Hall–Kier alpha value is -4.53. The Morgan fingerprint density at radius 1 is 0.841 bits per heavy atom. The van der Waals surface area contributed by atoms with Gasteiger partial charge in [0.25, 0.3) is 0 Å². The molecule has 3 N–H and O–H groups in total. The van der Waals surface area contributed by atoms with E-state index in [2.05, 4.69) is 22.8 Å². The molecule has 0 heterocycles. The molecule has 0 saturated carbocycles. The second kappa shape index (κ2) is 15.3. The van der Waals surface area contributed by atoms with E-state index in [0.717, 1.165) is 46.4 Å². The quantitative estimate of drug-likeness (QED) is 0.176. The molecule has 0 aromatic heterocycles. The summed E-state index contributed by atoms with van der Waals surface area (Å²) in [5.74, 6) is -0.442. The van der Waals surface area contributed by atoms with E-state index in [1.165, 1.54) is 0 Å². The number of aryl methyl sites for hydroxylation is 1. The van der Waals surface area contributed by atoms with Gasteiger partial charge < -0.3 is 30.0 Å². The summed E-state index contributed by atoms with van der Waals surface area (Å²) in [4.78, 5) is 36.1. The highest BCUT2D eigenvalue weighted by molar-refractivity contribution is 5.81.